The lowest BCUT2D eigenvalue weighted by atomic mass is 10.1. The number of aliphatic hydroxyl groups is 1. The van der Waals surface area contributed by atoms with Crippen LogP contribution >= 0.6 is 0 Å². The van der Waals surface area contributed by atoms with Gasteiger partial charge in [0.1, 0.15) is 12.2 Å². The molecular weight excluding hydrogens is 354 g/mol. The summed E-state index contributed by atoms with van der Waals surface area (Å²) >= 11 is 0. The van der Waals surface area contributed by atoms with E-state index in [9.17, 15) is 9.59 Å². The highest BCUT2D eigenvalue weighted by Crippen LogP contribution is 2.10. The number of benzene rings is 2. The number of carbonyl (C=O) groups is 2. The van der Waals surface area contributed by atoms with Crippen molar-refractivity contribution in [1.82, 2.24) is 10.2 Å². The minimum Gasteiger partial charge on any atom is -0.391 e. The van der Waals surface area contributed by atoms with Gasteiger partial charge in [-0.3, -0.25) is 9.59 Å². The predicted molar refractivity (Wildman–Crippen MR) is 108 cm³/mol. The summed E-state index contributed by atoms with van der Waals surface area (Å²) in [4.78, 5) is 28.8. The molecule has 6 heteroatoms. The molecule has 1 aliphatic rings. The maximum atomic E-state index is 13.1. The Morgan fingerprint density at radius 3 is 2.21 bits per heavy atom. The summed E-state index contributed by atoms with van der Waals surface area (Å²) in [7, 11) is 0. The van der Waals surface area contributed by atoms with Crippen LogP contribution in [0.2, 0.25) is 0 Å². The first-order valence-corrected chi connectivity index (χ1v) is 9.54. The van der Waals surface area contributed by atoms with Gasteiger partial charge in [0.25, 0.3) is 11.8 Å². The molecule has 1 saturated heterocycles. The molecule has 2 aromatic carbocycles. The molecule has 1 fully saturated rings. The largest absolute Gasteiger partial charge is 0.391 e. The lowest BCUT2D eigenvalue weighted by molar-refractivity contribution is -0.904. The fourth-order valence-corrected chi connectivity index (χ4v) is 3.26. The summed E-state index contributed by atoms with van der Waals surface area (Å²) in [5.74, 6) is -0.489. The Balaban J connectivity index is 1.77. The van der Waals surface area contributed by atoms with Crippen LogP contribution in [0.1, 0.15) is 15.9 Å². The Kier molecular flexibility index (Phi) is 6.94. The third-order valence-electron chi connectivity index (χ3n) is 4.85. The highest BCUT2D eigenvalue weighted by Gasteiger charge is 2.26. The summed E-state index contributed by atoms with van der Waals surface area (Å²) in [6, 6.07) is 18.3. The molecule has 0 saturated carbocycles. The Morgan fingerprint density at radius 2 is 1.61 bits per heavy atom. The van der Waals surface area contributed by atoms with Crippen LogP contribution in [0.15, 0.2) is 66.4 Å². The monoisotopic (exact) mass is 380 g/mol. The van der Waals surface area contributed by atoms with Crippen LogP contribution in [-0.2, 0) is 4.79 Å². The SMILES string of the molecule is O=C(N/C(=C/c1ccccc1)C(=O)N1CC[NH+](CCO)CC1)c1ccccc1. The average molecular weight is 380 g/mol. The summed E-state index contributed by atoms with van der Waals surface area (Å²) in [6.45, 7) is 3.62. The van der Waals surface area contributed by atoms with Gasteiger partial charge in [0, 0.05) is 5.56 Å². The van der Waals surface area contributed by atoms with Crippen molar-refractivity contribution in [2.45, 2.75) is 0 Å². The number of aliphatic hydroxyl groups excluding tert-OH is 1. The molecule has 0 spiro atoms. The van der Waals surface area contributed by atoms with E-state index in [-0.39, 0.29) is 24.1 Å². The second-order valence-electron chi connectivity index (χ2n) is 6.80. The molecule has 6 nitrogen and oxygen atoms in total. The van der Waals surface area contributed by atoms with Crippen molar-refractivity contribution in [3.05, 3.63) is 77.5 Å². The van der Waals surface area contributed by atoms with Crippen molar-refractivity contribution in [1.29, 1.82) is 0 Å². The lowest BCUT2D eigenvalue weighted by Gasteiger charge is -2.32. The number of nitrogens with zero attached hydrogens (tertiary/aromatic N) is 1. The normalized spacial score (nSPS) is 15.3. The minimum absolute atomic E-state index is 0.148. The predicted octanol–water partition coefficient (Wildman–Crippen LogP) is 0.177. The molecule has 3 N–H and O–H groups in total. The maximum absolute atomic E-state index is 13.1. The van der Waals surface area contributed by atoms with E-state index in [4.69, 9.17) is 5.11 Å². The summed E-state index contributed by atoms with van der Waals surface area (Å²) < 4.78 is 0. The van der Waals surface area contributed by atoms with E-state index in [1.54, 1.807) is 35.2 Å². The number of nitrogens with one attached hydrogen (secondary N) is 2. The lowest BCUT2D eigenvalue weighted by Crippen LogP contribution is -3.15. The van der Waals surface area contributed by atoms with Crippen molar-refractivity contribution in [3.63, 3.8) is 0 Å². The molecule has 28 heavy (non-hydrogen) atoms. The van der Waals surface area contributed by atoms with E-state index in [2.05, 4.69) is 5.32 Å². The van der Waals surface area contributed by atoms with Crippen molar-refractivity contribution < 1.29 is 19.6 Å². The van der Waals surface area contributed by atoms with Gasteiger partial charge in [-0.15, -0.1) is 0 Å². The second-order valence-corrected chi connectivity index (χ2v) is 6.80. The van der Waals surface area contributed by atoms with Crippen LogP contribution < -0.4 is 10.2 Å². The molecular formula is C22H26N3O3+. The van der Waals surface area contributed by atoms with Crippen molar-refractivity contribution in [3.8, 4) is 0 Å². The molecule has 0 unspecified atom stereocenters. The first-order chi connectivity index (χ1) is 13.7. The van der Waals surface area contributed by atoms with Gasteiger partial charge >= 0.3 is 0 Å². The van der Waals surface area contributed by atoms with Gasteiger partial charge in [-0.2, -0.15) is 0 Å². The number of carbonyl (C=O) groups excluding carboxylic acids is 2. The van der Waals surface area contributed by atoms with Gasteiger partial charge in [-0.1, -0.05) is 48.5 Å². The highest BCUT2D eigenvalue weighted by molar-refractivity contribution is 6.05. The highest BCUT2D eigenvalue weighted by atomic mass is 16.3. The van der Waals surface area contributed by atoms with E-state index in [1.165, 1.54) is 4.90 Å². The maximum Gasteiger partial charge on any atom is 0.270 e. The summed E-state index contributed by atoms with van der Waals surface area (Å²) in [6.07, 6.45) is 1.72. The first-order valence-electron chi connectivity index (χ1n) is 9.54. The standard InChI is InChI=1S/C22H25N3O3/c26-16-15-24-11-13-25(14-12-24)22(28)20(17-18-7-3-1-4-8-18)23-21(27)19-9-5-2-6-10-19/h1-10,17,26H,11-16H2,(H,23,27)/p+1/b20-17+. The van der Waals surface area contributed by atoms with E-state index >= 15 is 0 Å². The Hall–Kier alpha value is -2.96. The molecule has 1 aliphatic heterocycles. The zero-order chi connectivity index (χ0) is 19.8. The first kappa shape index (κ1) is 19.8. The fourth-order valence-electron chi connectivity index (χ4n) is 3.26. The summed E-state index contributed by atoms with van der Waals surface area (Å²) in [5.41, 5.74) is 1.63. The molecule has 3 rings (SSSR count). The van der Waals surface area contributed by atoms with Crippen molar-refractivity contribution in [2.75, 3.05) is 39.3 Å². The van der Waals surface area contributed by atoms with Crippen LogP contribution in [-0.4, -0.2) is 61.2 Å². The Morgan fingerprint density at radius 1 is 1.00 bits per heavy atom. The number of quaternary nitrogens is 1. The van der Waals surface area contributed by atoms with E-state index in [0.29, 0.717) is 25.2 Å². The molecule has 0 radical (unpaired) electrons. The van der Waals surface area contributed by atoms with Crippen LogP contribution in [0, 0.1) is 0 Å². The van der Waals surface area contributed by atoms with Gasteiger partial charge < -0.3 is 20.2 Å². The Labute approximate surface area is 165 Å². The van der Waals surface area contributed by atoms with Crippen LogP contribution in [0.3, 0.4) is 0 Å². The molecule has 0 aromatic heterocycles. The summed E-state index contributed by atoms with van der Waals surface area (Å²) in [5, 5.41) is 11.9. The quantitative estimate of drug-likeness (QED) is 0.626. The molecule has 2 aromatic rings. The zero-order valence-corrected chi connectivity index (χ0v) is 15.8. The van der Waals surface area contributed by atoms with Crippen molar-refractivity contribution in [2.24, 2.45) is 0 Å². The molecule has 2 amide bonds. The second kappa shape index (κ2) is 9.82. The number of rotatable bonds is 6. The number of hydrogen-bond donors (Lipinski definition) is 3. The minimum atomic E-state index is -0.305. The van der Waals surface area contributed by atoms with Crippen LogP contribution in [0.5, 0.6) is 0 Å². The van der Waals surface area contributed by atoms with E-state index < -0.39 is 0 Å². The zero-order valence-electron chi connectivity index (χ0n) is 15.8. The van der Waals surface area contributed by atoms with Gasteiger partial charge in [0.2, 0.25) is 0 Å². The molecule has 146 valence electrons. The van der Waals surface area contributed by atoms with Gasteiger partial charge in [0.05, 0.1) is 32.8 Å². The number of amides is 2. The topological polar surface area (TPSA) is 74.1 Å². The average Bonchev–Trinajstić information content (AvgIpc) is 2.75. The number of piperazine rings is 1. The van der Waals surface area contributed by atoms with Gasteiger partial charge in [0.15, 0.2) is 0 Å². The molecule has 1 heterocycles. The van der Waals surface area contributed by atoms with Crippen LogP contribution in [0.4, 0.5) is 0 Å². The van der Waals surface area contributed by atoms with Gasteiger partial charge in [-0.25, -0.2) is 0 Å². The molecule has 0 aliphatic carbocycles. The molecule has 0 atom stereocenters. The van der Waals surface area contributed by atoms with E-state index in [1.807, 2.05) is 36.4 Å². The molecule has 0 bridgehead atoms. The Bertz CT molecular complexity index is 813. The number of hydrogen-bond acceptors (Lipinski definition) is 3. The van der Waals surface area contributed by atoms with Gasteiger partial charge in [-0.05, 0) is 23.8 Å². The van der Waals surface area contributed by atoms with Crippen molar-refractivity contribution >= 4 is 17.9 Å². The smallest absolute Gasteiger partial charge is 0.270 e. The fraction of sp³-hybridized carbons (Fsp3) is 0.273. The van der Waals surface area contributed by atoms with E-state index in [0.717, 1.165) is 18.7 Å². The van der Waals surface area contributed by atoms with Crippen LogP contribution in [0.25, 0.3) is 6.08 Å². The third-order valence-corrected chi connectivity index (χ3v) is 4.85. The third kappa shape index (κ3) is 5.28.